The van der Waals surface area contributed by atoms with Crippen molar-refractivity contribution in [1.82, 2.24) is 0 Å². The number of rotatable bonds is 5. The molecule has 4 rings (SSSR count). The number of hydrogen-bond donors (Lipinski definition) is 1. The van der Waals surface area contributed by atoms with Crippen LogP contribution in [0.5, 0.6) is 0 Å². The molecule has 0 radical (unpaired) electrons. The lowest BCUT2D eigenvalue weighted by atomic mass is 9.47. The molecule has 0 spiro atoms. The highest BCUT2D eigenvalue weighted by Crippen LogP contribution is 2.66. The minimum atomic E-state index is -0.0541. The Kier molecular flexibility index (Phi) is 6.17. The molecule has 1 nitrogen and oxygen atoms in total. The summed E-state index contributed by atoms with van der Waals surface area (Å²) in [5.74, 6) is 4.27. The molecule has 0 bridgehead atoms. The molecule has 1 N–H and O–H groups in total. The zero-order valence-corrected chi connectivity index (χ0v) is 20.3. The van der Waals surface area contributed by atoms with Gasteiger partial charge >= 0.3 is 0 Å². The molecule has 168 valence electrons. The maximum atomic E-state index is 10.3. The molecule has 0 aromatic heterocycles. The van der Waals surface area contributed by atoms with Gasteiger partial charge in [-0.05, 0) is 111 Å². The van der Waals surface area contributed by atoms with E-state index < -0.39 is 0 Å². The molecule has 3 fully saturated rings. The number of hydrogen-bond acceptors (Lipinski definition) is 1. The highest BCUT2D eigenvalue weighted by atomic mass is 16.3. The van der Waals surface area contributed by atoms with E-state index in [9.17, 15) is 5.11 Å². The van der Waals surface area contributed by atoms with Crippen LogP contribution >= 0.6 is 0 Å². The Labute approximate surface area is 186 Å². The van der Waals surface area contributed by atoms with E-state index in [-0.39, 0.29) is 6.10 Å². The van der Waals surface area contributed by atoms with E-state index in [2.05, 4.69) is 59.4 Å². The van der Waals surface area contributed by atoms with Crippen LogP contribution in [0, 0.1) is 46.3 Å². The van der Waals surface area contributed by atoms with Crippen LogP contribution in [0.25, 0.3) is 0 Å². The third-order valence-corrected chi connectivity index (χ3v) is 10.5. The summed E-state index contributed by atoms with van der Waals surface area (Å²) in [5, 5.41) is 10.3. The molecule has 0 heterocycles. The number of aliphatic hydroxyl groups is 1. The van der Waals surface area contributed by atoms with Crippen molar-refractivity contribution in [3.05, 3.63) is 36.0 Å². The molecular weight excluding hydrogens is 364 g/mol. The highest BCUT2D eigenvalue weighted by molar-refractivity contribution is 5.28. The van der Waals surface area contributed by atoms with Crippen molar-refractivity contribution in [2.24, 2.45) is 46.3 Å². The fourth-order valence-corrected chi connectivity index (χ4v) is 8.49. The van der Waals surface area contributed by atoms with Gasteiger partial charge in [0, 0.05) is 0 Å². The Balaban J connectivity index is 1.54. The topological polar surface area (TPSA) is 20.2 Å². The molecule has 3 saturated carbocycles. The minimum absolute atomic E-state index is 0.0541. The molecule has 0 aliphatic heterocycles. The zero-order chi connectivity index (χ0) is 21.7. The van der Waals surface area contributed by atoms with E-state index in [4.69, 9.17) is 0 Å². The van der Waals surface area contributed by atoms with Crippen molar-refractivity contribution in [3.8, 4) is 0 Å². The SMILES string of the molecule is C=C(C)[C@H](/C=C\[C@H](C)[C@@H]1CC[C@@H]2C3=CC[C@@H]4C[C@H](O)CC[C@]4(C)[C@@H]3CC[C@]21C)CC. The summed E-state index contributed by atoms with van der Waals surface area (Å²) in [6.07, 6.45) is 18.8. The van der Waals surface area contributed by atoms with Crippen LogP contribution in [0.1, 0.15) is 92.4 Å². The first-order chi connectivity index (χ1) is 14.2. The van der Waals surface area contributed by atoms with E-state index >= 15 is 0 Å². The van der Waals surface area contributed by atoms with Crippen LogP contribution in [0.15, 0.2) is 36.0 Å². The number of aliphatic hydroxyl groups excluding tert-OH is 1. The standard InChI is InChI=1S/C29H46O/c1-7-21(19(2)3)9-8-20(4)25-12-13-26-24-11-10-22-18-23(30)14-16-28(22,5)27(24)15-17-29(25,26)6/h8-9,11,20-23,25-27,30H,2,7,10,12-18H2,1,3-6H3/b9-8-/t20-,21-,22+,23+,25-,26+,27+,28-,29-/m0/s1. The summed E-state index contributed by atoms with van der Waals surface area (Å²) >= 11 is 0. The molecule has 9 atom stereocenters. The van der Waals surface area contributed by atoms with Gasteiger partial charge in [0.25, 0.3) is 0 Å². The van der Waals surface area contributed by atoms with Gasteiger partial charge in [0.1, 0.15) is 0 Å². The molecule has 0 unspecified atom stereocenters. The predicted octanol–water partition coefficient (Wildman–Crippen LogP) is 7.72. The molecular formula is C29H46O. The highest BCUT2D eigenvalue weighted by Gasteiger charge is 2.57. The van der Waals surface area contributed by atoms with Gasteiger partial charge in [-0.2, -0.15) is 0 Å². The molecule has 0 aromatic carbocycles. The van der Waals surface area contributed by atoms with Gasteiger partial charge in [0.15, 0.2) is 0 Å². The lowest BCUT2D eigenvalue weighted by Gasteiger charge is -2.57. The van der Waals surface area contributed by atoms with E-state index in [0.29, 0.717) is 28.6 Å². The molecule has 1 heteroatoms. The lowest BCUT2D eigenvalue weighted by Crippen LogP contribution is -2.49. The van der Waals surface area contributed by atoms with Crippen molar-refractivity contribution in [1.29, 1.82) is 0 Å². The molecule has 4 aliphatic carbocycles. The van der Waals surface area contributed by atoms with Gasteiger partial charge in [-0.15, -0.1) is 0 Å². The van der Waals surface area contributed by atoms with E-state index in [1.165, 1.54) is 44.1 Å². The predicted molar refractivity (Wildman–Crippen MR) is 128 cm³/mol. The van der Waals surface area contributed by atoms with Crippen LogP contribution < -0.4 is 0 Å². The summed E-state index contributed by atoms with van der Waals surface area (Å²) in [6, 6.07) is 0. The van der Waals surface area contributed by atoms with Crippen molar-refractivity contribution in [3.63, 3.8) is 0 Å². The third-order valence-electron chi connectivity index (χ3n) is 10.5. The van der Waals surface area contributed by atoms with Crippen molar-refractivity contribution < 1.29 is 5.11 Å². The normalized spacial score (nSPS) is 45.3. The average molecular weight is 411 g/mol. The fourth-order valence-electron chi connectivity index (χ4n) is 8.49. The second-order valence-electron chi connectivity index (χ2n) is 12.0. The first-order valence-corrected chi connectivity index (χ1v) is 12.9. The molecule has 4 aliphatic rings. The van der Waals surface area contributed by atoms with E-state index in [1.54, 1.807) is 0 Å². The summed E-state index contributed by atoms with van der Waals surface area (Å²) in [4.78, 5) is 0. The van der Waals surface area contributed by atoms with Crippen LogP contribution in [0.4, 0.5) is 0 Å². The number of allylic oxidation sites excluding steroid dienone is 5. The summed E-state index contributed by atoms with van der Waals surface area (Å²) in [5.41, 5.74) is 4.04. The van der Waals surface area contributed by atoms with Crippen LogP contribution in [-0.4, -0.2) is 11.2 Å². The Bertz CT molecular complexity index is 716. The van der Waals surface area contributed by atoms with E-state index in [1.807, 2.05) is 5.57 Å². The number of fused-ring (bicyclic) bond motifs is 5. The minimum Gasteiger partial charge on any atom is -0.393 e. The van der Waals surface area contributed by atoms with Gasteiger partial charge in [0.05, 0.1) is 6.10 Å². The fraction of sp³-hybridized carbons (Fsp3) is 0.793. The Morgan fingerprint density at radius 1 is 1.13 bits per heavy atom. The second-order valence-corrected chi connectivity index (χ2v) is 12.0. The van der Waals surface area contributed by atoms with Crippen LogP contribution in [-0.2, 0) is 0 Å². The van der Waals surface area contributed by atoms with Gasteiger partial charge in [0.2, 0.25) is 0 Å². The third kappa shape index (κ3) is 3.58. The van der Waals surface area contributed by atoms with Gasteiger partial charge < -0.3 is 5.11 Å². The summed E-state index contributed by atoms with van der Waals surface area (Å²) < 4.78 is 0. The van der Waals surface area contributed by atoms with Gasteiger partial charge in [-0.3, -0.25) is 0 Å². The quantitative estimate of drug-likeness (QED) is 0.460. The molecule has 0 saturated heterocycles. The van der Waals surface area contributed by atoms with Crippen LogP contribution in [0.2, 0.25) is 0 Å². The molecule has 0 aromatic rings. The molecule has 30 heavy (non-hydrogen) atoms. The monoisotopic (exact) mass is 410 g/mol. The van der Waals surface area contributed by atoms with Crippen molar-refractivity contribution >= 4 is 0 Å². The average Bonchev–Trinajstić information content (AvgIpc) is 3.06. The second kappa shape index (κ2) is 8.27. The maximum absolute atomic E-state index is 10.3. The van der Waals surface area contributed by atoms with Crippen molar-refractivity contribution in [2.75, 3.05) is 0 Å². The summed E-state index contributed by atoms with van der Waals surface area (Å²) in [6.45, 7) is 16.3. The lowest BCUT2D eigenvalue weighted by molar-refractivity contribution is -0.0414. The maximum Gasteiger partial charge on any atom is 0.0543 e. The Hall–Kier alpha value is -0.820. The van der Waals surface area contributed by atoms with Crippen molar-refractivity contribution in [2.45, 2.75) is 98.5 Å². The molecule has 0 amide bonds. The van der Waals surface area contributed by atoms with Gasteiger partial charge in [-0.25, -0.2) is 0 Å². The Morgan fingerprint density at radius 3 is 2.53 bits per heavy atom. The largest absolute Gasteiger partial charge is 0.393 e. The first kappa shape index (κ1) is 22.4. The summed E-state index contributed by atoms with van der Waals surface area (Å²) in [7, 11) is 0. The van der Waals surface area contributed by atoms with Crippen LogP contribution in [0.3, 0.4) is 0 Å². The zero-order valence-electron chi connectivity index (χ0n) is 20.3. The smallest absolute Gasteiger partial charge is 0.0543 e. The van der Waals surface area contributed by atoms with Gasteiger partial charge in [-0.1, -0.05) is 63.6 Å². The first-order valence-electron chi connectivity index (χ1n) is 12.9. The van der Waals surface area contributed by atoms with E-state index in [0.717, 1.165) is 37.0 Å². The Morgan fingerprint density at radius 2 is 1.83 bits per heavy atom.